The number of anilines is 1. The van der Waals surface area contributed by atoms with E-state index in [1.807, 2.05) is 30.3 Å². The fourth-order valence-corrected chi connectivity index (χ4v) is 3.92. The minimum Gasteiger partial charge on any atom is -0.462 e. The molecule has 1 aliphatic heterocycles. The molecule has 0 bridgehead atoms. The summed E-state index contributed by atoms with van der Waals surface area (Å²) in [6.07, 6.45) is -0.262. The summed E-state index contributed by atoms with van der Waals surface area (Å²) >= 11 is 1.26. The monoisotopic (exact) mass is 417 g/mol. The van der Waals surface area contributed by atoms with Gasteiger partial charge in [0.1, 0.15) is 5.00 Å². The Morgan fingerprint density at radius 3 is 2.69 bits per heavy atom. The molecule has 2 aromatic rings. The van der Waals surface area contributed by atoms with Gasteiger partial charge in [-0.3, -0.25) is 4.79 Å². The third-order valence-electron chi connectivity index (χ3n) is 4.38. The third kappa shape index (κ3) is 5.21. The second kappa shape index (κ2) is 9.67. The standard InChI is InChI=1S/C21H23NO6S/c1-3-26-20(24)15-12-17(14-8-5-4-6-9-14)29-19(15)22-18(23)13(2)28-21(25)16-10-7-11-27-16/h4-6,8-9,12-13,16H,3,7,10-11H2,1-2H3,(H,22,23)/t13-,16-/m0/s1. The molecule has 0 saturated carbocycles. The minimum absolute atomic E-state index is 0.220. The van der Waals surface area contributed by atoms with Crippen molar-refractivity contribution < 1.29 is 28.6 Å². The molecule has 2 heterocycles. The summed E-state index contributed by atoms with van der Waals surface area (Å²) in [5.74, 6) is -1.60. The molecule has 3 rings (SSSR count). The molecule has 154 valence electrons. The number of esters is 2. The van der Waals surface area contributed by atoms with E-state index in [2.05, 4.69) is 5.32 Å². The van der Waals surface area contributed by atoms with Crippen LogP contribution in [0.25, 0.3) is 10.4 Å². The Bertz CT molecular complexity index is 873. The van der Waals surface area contributed by atoms with Gasteiger partial charge in [0.15, 0.2) is 12.2 Å². The summed E-state index contributed by atoms with van der Waals surface area (Å²) in [5.41, 5.74) is 1.18. The number of carbonyl (C=O) groups is 3. The fourth-order valence-electron chi connectivity index (χ4n) is 2.87. The van der Waals surface area contributed by atoms with E-state index in [-0.39, 0.29) is 12.2 Å². The molecular weight excluding hydrogens is 394 g/mol. The van der Waals surface area contributed by atoms with Crippen LogP contribution in [0, 0.1) is 0 Å². The van der Waals surface area contributed by atoms with Crippen LogP contribution in [-0.2, 0) is 23.8 Å². The SMILES string of the molecule is CCOC(=O)c1cc(-c2ccccc2)sc1NC(=O)[C@H](C)OC(=O)[C@@H]1CCCO1. The molecule has 0 spiro atoms. The molecule has 1 aromatic carbocycles. The second-order valence-electron chi connectivity index (χ2n) is 6.51. The first kappa shape index (κ1) is 21.0. The van der Waals surface area contributed by atoms with Gasteiger partial charge in [-0.2, -0.15) is 0 Å². The van der Waals surface area contributed by atoms with Gasteiger partial charge >= 0.3 is 11.9 Å². The van der Waals surface area contributed by atoms with E-state index in [9.17, 15) is 14.4 Å². The third-order valence-corrected chi connectivity index (χ3v) is 5.48. The molecule has 0 unspecified atom stereocenters. The van der Waals surface area contributed by atoms with Crippen LogP contribution < -0.4 is 5.32 Å². The first-order chi connectivity index (χ1) is 14.0. The topological polar surface area (TPSA) is 90.9 Å². The lowest BCUT2D eigenvalue weighted by atomic mass is 10.1. The van der Waals surface area contributed by atoms with Gasteiger partial charge in [-0.1, -0.05) is 30.3 Å². The number of nitrogens with one attached hydrogen (secondary N) is 1. The quantitative estimate of drug-likeness (QED) is 0.692. The van der Waals surface area contributed by atoms with Gasteiger partial charge in [-0.15, -0.1) is 11.3 Å². The number of benzene rings is 1. The summed E-state index contributed by atoms with van der Waals surface area (Å²) in [6.45, 7) is 3.93. The lowest BCUT2D eigenvalue weighted by Gasteiger charge is -2.15. The van der Waals surface area contributed by atoms with Crippen LogP contribution in [0.5, 0.6) is 0 Å². The highest BCUT2D eigenvalue weighted by molar-refractivity contribution is 7.20. The number of thiophene rings is 1. The smallest absolute Gasteiger partial charge is 0.341 e. The van der Waals surface area contributed by atoms with Gasteiger partial charge < -0.3 is 19.5 Å². The molecule has 0 radical (unpaired) electrons. The number of hydrogen-bond donors (Lipinski definition) is 1. The number of rotatable bonds is 7. The van der Waals surface area contributed by atoms with Crippen molar-refractivity contribution in [1.29, 1.82) is 0 Å². The van der Waals surface area contributed by atoms with Crippen molar-refractivity contribution in [3.63, 3.8) is 0 Å². The molecule has 1 fully saturated rings. The van der Waals surface area contributed by atoms with Gasteiger partial charge in [0, 0.05) is 11.5 Å². The molecule has 7 nitrogen and oxygen atoms in total. The van der Waals surface area contributed by atoms with Crippen molar-refractivity contribution in [3.05, 3.63) is 42.0 Å². The first-order valence-corrected chi connectivity index (χ1v) is 10.3. The first-order valence-electron chi connectivity index (χ1n) is 9.49. The summed E-state index contributed by atoms with van der Waals surface area (Å²) in [7, 11) is 0. The Balaban J connectivity index is 1.75. The summed E-state index contributed by atoms with van der Waals surface area (Å²) < 4.78 is 15.6. The van der Waals surface area contributed by atoms with Crippen LogP contribution in [0.15, 0.2) is 36.4 Å². The Morgan fingerprint density at radius 1 is 1.28 bits per heavy atom. The number of hydrogen-bond acceptors (Lipinski definition) is 7. The predicted octanol–water partition coefficient (Wildman–Crippen LogP) is 3.64. The number of ether oxygens (including phenoxy) is 3. The lowest BCUT2D eigenvalue weighted by molar-refractivity contribution is -0.162. The van der Waals surface area contributed by atoms with Gasteiger partial charge in [0.05, 0.1) is 12.2 Å². The van der Waals surface area contributed by atoms with Gasteiger partial charge in [-0.25, -0.2) is 9.59 Å². The van der Waals surface area contributed by atoms with E-state index in [0.717, 1.165) is 16.9 Å². The number of amides is 1. The maximum absolute atomic E-state index is 12.6. The van der Waals surface area contributed by atoms with Crippen LogP contribution in [-0.4, -0.2) is 43.3 Å². The zero-order valence-corrected chi connectivity index (χ0v) is 17.1. The van der Waals surface area contributed by atoms with E-state index in [1.165, 1.54) is 18.3 Å². The second-order valence-corrected chi connectivity index (χ2v) is 7.56. The average Bonchev–Trinajstić information content (AvgIpc) is 3.39. The van der Waals surface area contributed by atoms with Crippen molar-refractivity contribution in [1.82, 2.24) is 0 Å². The Morgan fingerprint density at radius 2 is 2.03 bits per heavy atom. The molecule has 1 saturated heterocycles. The predicted molar refractivity (Wildman–Crippen MR) is 109 cm³/mol. The van der Waals surface area contributed by atoms with E-state index < -0.39 is 30.1 Å². The normalized spacial score (nSPS) is 16.8. The van der Waals surface area contributed by atoms with Crippen LogP contribution >= 0.6 is 11.3 Å². The molecule has 1 aliphatic rings. The van der Waals surface area contributed by atoms with Crippen LogP contribution in [0.4, 0.5) is 5.00 Å². The average molecular weight is 417 g/mol. The molecule has 29 heavy (non-hydrogen) atoms. The summed E-state index contributed by atoms with van der Waals surface area (Å²) in [6, 6.07) is 11.2. The van der Waals surface area contributed by atoms with E-state index >= 15 is 0 Å². The molecular formula is C21H23NO6S. The molecule has 0 aliphatic carbocycles. The van der Waals surface area contributed by atoms with Gasteiger partial charge in [0.2, 0.25) is 0 Å². The van der Waals surface area contributed by atoms with Crippen molar-refractivity contribution >= 4 is 34.2 Å². The zero-order chi connectivity index (χ0) is 20.8. The maximum atomic E-state index is 12.6. The molecule has 2 atom stereocenters. The van der Waals surface area contributed by atoms with Crippen LogP contribution in [0.2, 0.25) is 0 Å². The highest BCUT2D eigenvalue weighted by Crippen LogP contribution is 2.36. The molecule has 1 N–H and O–H groups in total. The molecule has 8 heteroatoms. The van der Waals surface area contributed by atoms with E-state index in [1.54, 1.807) is 13.0 Å². The highest BCUT2D eigenvalue weighted by atomic mass is 32.1. The zero-order valence-electron chi connectivity index (χ0n) is 16.3. The highest BCUT2D eigenvalue weighted by Gasteiger charge is 2.29. The van der Waals surface area contributed by atoms with Gasteiger partial charge in [-0.05, 0) is 38.3 Å². The molecule has 1 amide bonds. The Labute approximate surface area is 173 Å². The largest absolute Gasteiger partial charge is 0.462 e. The van der Waals surface area contributed by atoms with Crippen molar-refractivity contribution in [2.24, 2.45) is 0 Å². The van der Waals surface area contributed by atoms with E-state index in [0.29, 0.717) is 18.0 Å². The van der Waals surface area contributed by atoms with Crippen molar-refractivity contribution in [2.75, 3.05) is 18.5 Å². The minimum atomic E-state index is -1.02. The number of carbonyl (C=O) groups excluding carboxylic acids is 3. The van der Waals surface area contributed by atoms with Crippen molar-refractivity contribution in [2.45, 2.75) is 38.9 Å². The van der Waals surface area contributed by atoms with Crippen molar-refractivity contribution in [3.8, 4) is 10.4 Å². The lowest BCUT2D eigenvalue weighted by Crippen LogP contribution is -2.34. The Kier molecular flexibility index (Phi) is 7.00. The maximum Gasteiger partial charge on any atom is 0.341 e. The van der Waals surface area contributed by atoms with E-state index in [4.69, 9.17) is 14.2 Å². The molecule has 1 aromatic heterocycles. The summed E-state index contributed by atoms with van der Waals surface area (Å²) in [5, 5.41) is 3.05. The van der Waals surface area contributed by atoms with Crippen LogP contribution in [0.3, 0.4) is 0 Å². The van der Waals surface area contributed by atoms with Crippen LogP contribution in [0.1, 0.15) is 37.0 Å². The summed E-state index contributed by atoms with van der Waals surface area (Å²) in [4.78, 5) is 37.8. The van der Waals surface area contributed by atoms with Gasteiger partial charge in [0.25, 0.3) is 5.91 Å². The fraction of sp³-hybridized carbons (Fsp3) is 0.381. The Hall–Kier alpha value is -2.71.